The number of fused-ring (bicyclic) bond motifs is 2. The molecule has 33 heavy (non-hydrogen) atoms. The van der Waals surface area contributed by atoms with E-state index in [0.717, 1.165) is 44.3 Å². The third-order valence-corrected chi connectivity index (χ3v) is 5.89. The quantitative estimate of drug-likeness (QED) is 0.314. The number of rotatable bonds is 5. The van der Waals surface area contributed by atoms with E-state index in [2.05, 4.69) is 70.7 Å². The molecule has 4 heterocycles. The van der Waals surface area contributed by atoms with Gasteiger partial charge in [-0.05, 0) is 72.9 Å². The van der Waals surface area contributed by atoms with E-state index in [9.17, 15) is 0 Å². The van der Waals surface area contributed by atoms with Crippen molar-refractivity contribution in [3.8, 4) is 22.6 Å². The molecular formula is C27H24N6. The van der Waals surface area contributed by atoms with Crippen LogP contribution in [-0.4, -0.2) is 30.1 Å². The molecule has 5 aromatic rings. The minimum absolute atomic E-state index is 0.703. The highest BCUT2D eigenvalue weighted by Crippen LogP contribution is 2.34. The molecule has 0 radical (unpaired) electrons. The summed E-state index contributed by atoms with van der Waals surface area (Å²) in [6.07, 6.45) is 13.2. The van der Waals surface area contributed by atoms with Crippen LogP contribution in [0.15, 0.2) is 79.4 Å². The van der Waals surface area contributed by atoms with E-state index in [-0.39, 0.29) is 0 Å². The summed E-state index contributed by atoms with van der Waals surface area (Å²) in [6, 6.07) is 8.25. The number of imidazole rings is 1. The van der Waals surface area contributed by atoms with Gasteiger partial charge in [-0.2, -0.15) is 5.10 Å². The van der Waals surface area contributed by atoms with Crippen LogP contribution in [-0.2, 0) is 0 Å². The average Bonchev–Trinajstić information content (AvgIpc) is 3.44. The van der Waals surface area contributed by atoms with Gasteiger partial charge in [-0.25, -0.2) is 4.98 Å². The summed E-state index contributed by atoms with van der Waals surface area (Å²) in [5.74, 6) is 0.703. The van der Waals surface area contributed by atoms with Crippen LogP contribution in [0.1, 0.15) is 25.0 Å². The van der Waals surface area contributed by atoms with Crippen LogP contribution >= 0.6 is 0 Å². The molecule has 6 heteroatoms. The number of benzene rings is 1. The van der Waals surface area contributed by atoms with Crippen LogP contribution < -0.4 is 0 Å². The second-order valence-corrected chi connectivity index (χ2v) is 7.98. The molecule has 0 saturated heterocycles. The number of nitrogens with zero attached hydrogens (tertiary/aromatic N) is 4. The zero-order valence-electron chi connectivity index (χ0n) is 18.8. The minimum Gasteiger partial charge on any atom is -0.335 e. The van der Waals surface area contributed by atoms with Crippen molar-refractivity contribution < 1.29 is 0 Å². The first-order valence-electron chi connectivity index (χ1n) is 10.8. The zero-order chi connectivity index (χ0) is 22.9. The van der Waals surface area contributed by atoms with Crippen LogP contribution in [0.5, 0.6) is 0 Å². The van der Waals surface area contributed by atoms with E-state index < -0.39 is 0 Å². The number of aryl methyl sites for hydroxylation is 1. The molecule has 162 valence electrons. The molecule has 0 atom stereocenters. The molecule has 0 spiro atoms. The fourth-order valence-corrected chi connectivity index (χ4v) is 4.29. The molecule has 5 rings (SSSR count). The lowest BCUT2D eigenvalue weighted by molar-refractivity contribution is 1.10. The maximum absolute atomic E-state index is 4.93. The third-order valence-electron chi connectivity index (χ3n) is 5.89. The van der Waals surface area contributed by atoms with Crippen LogP contribution in [0.4, 0.5) is 0 Å². The van der Waals surface area contributed by atoms with Crippen molar-refractivity contribution in [2.24, 2.45) is 0 Å². The summed E-state index contributed by atoms with van der Waals surface area (Å²) in [4.78, 5) is 16.9. The smallest absolute Gasteiger partial charge is 0.159 e. The predicted octanol–water partition coefficient (Wildman–Crippen LogP) is 6.41. The molecule has 0 fully saturated rings. The lowest BCUT2D eigenvalue weighted by atomic mass is 9.93. The van der Waals surface area contributed by atoms with Gasteiger partial charge in [0.2, 0.25) is 0 Å². The third kappa shape index (κ3) is 3.55. The van der Waals surface area contributed by atoms with Gasteiger partial charge in [0.25, 0.3) is 0 Å². The number of aromatic nitrogens is 6. The average molecular weight is 433 g/mol. The SMILES string of the molecule is C=C/C=C(C)\C(=C/C)c1cc2c(-c3nc4c(-c5ccncc5)cncc4[nH]3)n[nH]c2cc1C. The van der Waals surface area contributed by atoms with Gasteiger partial charge in [0.15, 0.2) is 5.82 Å². The second-order valence-electron chi connectivity index (χ2n) is 7.98. The molecule has 0 amide bonds. The molecule has 0 saturated carbocycles. The maximum atomic E-state index is 4.93. The van der Waals surface area contributed by atoms with Crippen molar-refractivity contribution in [3.63, 3.8) is 0 Å². The maximum Gasteiger partial charge on any atom is 0.159 e. The van der Waals surface area contributed by atoms with E-state index in [1.54, 1.807) is 18.6 Å². The fraction of sp³-hybridized carbons (Fsp3) is 0.111. The summed E-state index contributed by atoms with van der Waals surface area (Å²) in [7, 11) is 0. The molecule has 6 nitrogen and oxygen atoms in total. The summed E-state index contributed by atoms with van der Waals surface area (Å²) in [5.41, 5.74) is 10.1. The topological polar surface area (TPSA) is 83.1 Å². The largest absolute Gasteiger partial charge is 0.335 e. The molecule has 0 bridgehead atoms. The van der Waals surface area contributed by atoms with Gasteiger partial charge >= 0.3 is 0 Å². The first kappa shape index (κ1) is 20.6. The molecule has 0 unspecified atom stereocenters. The van der Waals surface area contributed by atoms with Crippen molar-refractivity contribution in [3.05, 3.63) is 90.6 Å². The zero-order valence-corrected chi connectivity index (χ0v) is 18.8. The Morgan fingerprint density at radius 1 is 1.06 bits per heavy atom. The van der Waals surface area contributed by atoms with Crippen molar-refractivity contribution in [2.45, 2.75) is 20.8 Å². The molecule has 0 aliphatic carbocycles. The number of nitrogens with one attached hydrogen (secondary N) is 2. The van der Waals surface area contributed by atoms with Crippen LogP contribution in [0.3, 0.4) is 0 Å². The molecule has 2 N–H and O–H groups in total. The van der Waals surface area contributed by atoms with E-state index >= 15 is 0 Å². The standard InChI is InChI=1S/C27H24N6/c1-5-7-16(3)19(6-2)20-13-21-23(12-17(20)4)32-33-26(21)27-30-24-15-29-14-22(25(24)31-27)18-8-10-28-11-9-18/h5-15H,1H2,2-4H3,(H,30,31)(H,32,33)/b16-7-,19-6+. The molecular weight excluding hydrogens is 408 g/mol. The van der Waals surface area contributed by atoms with Crippen molar-refractivity contribution in [2.75, 3.05) is 0 Å². The Bertz CT molecular complexity index is 1550. The highest BCUT2D eigenvalue weighted by molar-refractivity contribution is 5.98. The van der Waals surface area contributed by atoms with Gasteiger partial charge in [0.1, 0.15) is 5.69 Å². The van der Waals surface area contributed by atoms with E-state index in [0.29, 0.717) is 5.82 Å². The van der Waals surface area contributed by atoms with Gasteiger partial charge in [0, 0.05) is 29.5 Å². The lowest BCUT2D eigenvalue weighted by Crippen LogP contribution is -1.92. The lowest BCUT2D eigenvalue weighted by Gasteiger charge is -2.12. The summed E-state index contributed by atoms with van der Waals surface area (Å²) < 4.78 is 0. The number of hydrogen-bond acceptors (Lipinski definition) is 4. The van der Waals surface area contributed by atoms with Gasteiger partial charge in [-0.1, -0.05) is 24.8 Å². The number of hydrogen-bond donors (Lipinski definition) is 2. The Morgan fingerprint density at radius 2 is 1.88 bits per heavy atom. The van der Waals surface area contributed by atoms with Gasteiger partial charge in [-0.3, -0.25) is 15.1 Å². The highest BCUT2D eigenvalue weighted by atomic mass is 15.1. The fourth-order valence-electron chi connectivity index (χ4n) is 4.29. The summed E-state index contributed by atoms with van der Waals surface area (Å²) >= 11 is 0. The van der Waals surface area contributed by atoms with Crippen LogP contribution in [0.25, 0.3) is 50.2 Å². The molecule has 4 aromatic heterocycles. The normalized spacial score (nSPS) is 12.6. The Hall–Kier alpha value is -4.32. The molecule has 0 aliphatic heterocycles. The Balaban J connectivity index is 1.68. The first-order valence-corrected chi connectivity index (χ1v) is 10.8. The summed E-state index contributed by atoms with van der Waals surface area (Å²) in [5, 5.41) is 8.80. The Kier molecular flexibility index (Phi) is 5.18. The Morgan fingerprint density at radius 3 is 2.64 bits per heavy atom. The summed E-state index contributed by atoms with van der Waals surface area (Å²) in [6.45, 7) is 10.1. The number of aromatic amines is 2. The van der Waals surface area contributed by atoms with Crippen molar-refractivity contribution in [1.29, 1.82) is 0 Å². The van der Waals surface area contributed by atoms with Crippen LogP contribution in [0.2, 0.25) is 0 Å². The predicted molar refractivity (Wildman–Crippen MR) is 135 cm³/mol. The number of allylic oxidation sites excluding steroid dienone is 5. The Labute approximate surface area is 191 Å². The molecule has 1 aromatic carbocycles. The highest BCUT2D eigenvalue weighted by Gasteiger charge is 2.17. The van der Waals surface area contributed by atoms with Gasteiger partial charge in [0.05, 0.1) is 22.7 Å². The van der Waals surface area contributed by atoms with Crippen molar-refractivity contribution >= 4 is 27.5 Å². The first-order chi connectivity index (χ1) is 16.1. The van der Waals surface area contributed by atoms with E-state index in [1.165, 1.54) is 16.7 Å². The van der Waals surface area contributed by atoms with Crippen LogP contribution in [0, 0.1) is 6.92 Å². The van der Waals surface area contributed by atoms with Crippen molar-refractivity contribution in [1.82, 2.24) is 30.1 Å². The number of H-pyrrole nitrogens is 2. The van der Waals surface area contributed by atoms with Gasteiger partial charge < -0.3 is 4.98 Å². The van der Waals surface area contributed by atoms with E-state index in [4.69, 9.17) is 4.98 Å². The molecule has 0 aliphatic rings. The minimum atomic E-state index is 0.703. The second kappa shape index (κ2) is 8.31. The van der Waals surface area contributed by atoms with Gasteiger partial charge in [-0.15, -0.1) is 0 Å². The van der Waals surface area contributed by atoms with E-state index in [1.807, 2.05) is 30.5 Å². The number of pyridine rings is 2. The monoisotopic (exact) mass is 432 g/mol.